The third kappa shape index (κ3) is 4.85. The molecule has 0 unspecified atom stereocenters. The fourth-order valence-electron chi connectivity index (χ4n) is 3.78. The summed E-state index contributed by atoms with van der Waals surface area (Å²) in [4.78, 5) is 26.1. The van der Waals surface area contributed by atoms with E-state index < -0.39 is 0 Å². The molecule has 33 heavy (non-hydrogen) atoms. The summed E-state index contributed by atoms with van der Waals surface area (Å²) in [6, 6.07) is 15.5. The number of carbonyl (C=O) groups excluding carboxylic acids is 2. The van der Waals surface area contributed by atoms with Gasteiger partial charge in [0.1, 0.15) is 5.75 Å². The summed E-state index contributed by atoms with van der Waals surface area (Å²) in [5.74, 6) is 0.0171. The number of fused-ring (bicyclic) bond motifs is 1. The van der Waals surface area contributed by atoms with Gasteiger partial charge in [-0.2, -0.15) is 0 Å². The Morgan fingerprint density at radius 1 is 0.667 bits per heavy atom. The summed E-state index contributed by atoms with van der Waals surface area (Å²) in [5.41, 5.74) is 2.02. The van der Waals surface area contributed by atoms with E-state index in [4.69, 9.17) is 51.1 Å². The van der Waals surface area contributed by atoms with Gasteiger partial charge in [-0.25, -0.2) is 0 Å². The van der Waals surface area contributed by atoms with Crippen molar-refractivity contribution in [3.05, 3.63) is 85.8 Å². The highest BCUT2D eigenvalue weighted by molar-refractivity contribution is 6.44. The molecule has 8 heteroatoms. The lowest BCUT2D eigenvalue weighted by molar-refractivity contribution is 0.0651. The van der Waals surface area contributed by atoms with Crippen molar-refractivity contribution in [3.8, 4) is 16.9 Å². The number of imide groups is 1. The normalized spacial score (nSPS) is 12.9. The minimum absolute atomic E-state index is 0.231. The van der Waals surface area contributed by atoms with Crippen LogP contribution in [0.1, 0.15) is 40.0 Å². The lowest BCUT2D eigenvalue weighted by atomic mass is 10.0. The van der Waals surface area contributed by atoms with Crippen LogP contribution < -0.4 is 4.74 Å². The molecule has 0 saturated heterocycles. The summed E-state index contributed by atoms with van der Waals surface area (Å²) >= 11 is 25.6. The van der Waals surface area contributed by atoms with Crippen LogP contribution in [0.15, 0.2) is 54.6 Å². The monoisotopic (exact) mass is 521 g/mol. The van der Waals surface area contributed by atoms with E-state index in [1.807, 2.05) is 0 Å². The van der Waals surface area contributed by atoms with Gasteiger partial charge in [-0.15, -0.1) is 0 Å². The second-order valence-electron chi connectivity index (χ2n) is 7.55. The van der Waals surface area contributed by atoms with Crippen LogP contribution >= 0.6 is 46.4 Å². The Kier molecular flexibility index (Phi) is 7.50. The van der Waals surface area contributed by atoms with Crippen molar-refractivity contribution in [2.75, 3.05) is 13.2 Å². The molecule has 0 radical (unpaired) electrons. The van der Waals surface area contributed by atoms with Gasteiger partial charge in [0.15, 0.2) is 0 Å². The number of rotatable bonds is 8. The molecule has 3 aromatic carbocycles. The van der Waals surface area contributed by atoms with E-state index in [1.165, 1.54) is 4.90 Å². The second-order valence-corrected chi connectivity index (χ2v) is 9.15. The molecule has 0 spiro atoms. The first-order chi connectivity index (χ1) is 15.9. The molecule has 0 fully saturated rings. The number of unbranched alkanes of at least 4 members (excludes halogenated alkanes) is 2. The Bertz CT molecular complexity index is 1170. The Hall–Kier alpha value is -2.24. The van der Waals surface area contributed by atoms with E-state index in [9.17, 15) is 9.59 Å². The van der Waals surface area contributed by atoms with Gasteiger partial charge in [0, 0.05) is 27.7 Å². The molecule has 1 aliphatic rings. The molecular weight excluding hydrogens is 504 g/mol. The Labute approximate surface area is 212 Å². The minimum atomic E-state index is -0.231. The average Bonchev–Trinajstić information content (AvgIpc) is 3.04. The van der Waals surface area contributed by atoms with Crippen molar-refractivity contribution in [1.82, 2.24) is 4.90 Å². The molecule has 0 aromatic heterocycles. The molecule has 4 rings (SSSR count). The van der Waals surface area contributed by atoms with Gasteiger partial charge in [0.2, 0.25) is 0 Å². The van der Waals surface area contributed by atoms with Crippen LogP contribution in [0.3, 0.4) is 0 Å². The number of ether oxygens (including phenoxy) is 1. The molecule has 170 valence electrons. The van der Waals surface area contributed by atoms with E-state index in [0.717, 1.165) is 12.8 Å². The molecular formula is C25H19Cl4NO3. The Morgan fingerprint density at radius 2 is 1.27 bits per heavy atom. The summed E-state index contributed by atoms with van der Waals surface area (Å²) < 4.78 is 5.87. The molecule has 3 aromatic rings. The van der Waals surface area contributed by atoms with Crippen molar-refractivity contribution in [3.63, 3.8) is 0 Å². The van der Waals surface area contributed by atoms with E-state index in [0.29, 0.717) is 67.7 Å². The number of halogens is 4. The highest BCUT2D eigenvalue weighted by Crippen LogP contribution is 2.45. The van der Waals surface area contributed by atoms with Crippen molar-refractivity contribution in [2.45, 2.75) is 19.3 Å². The van der Waals surface area contributed by atoms with Crippen LogP contribution in [-0.2, 0) is 0 Å². The third-order valence-corrected chi connectivity index (χ3v) is 6.75. The second kappa shape index (κ2) is 10.4. The molecule has 4 nitrogen and oxygen atoms in total. The number of benzene rings is 3. The topological polar surface area (TPSA) is 46.6 Å². The van der Waals surface area contributed by atoms with E-state index in [2.05, 4.69) is 0 Å². The molecule has 0 N–H and O–H groups in total. The summed E-state index contributed by atoms with van der Waals surface area (Å²) in [7, 11) is 0. The van der Waals surface area contributed by atoms with Crippen LogP contribution in [0.5, 0.6) is 5.75 Å². The predicted octanol–water partition coefficient (Wildman–Crippen LogP) is 7.81. The van der Waals surface area contributed by atoms with Gasteiger partial charge in [-0.05, 0) is 55.7 Å². The highest BCUT2D eigenvalue weighted by atomic mass is 35.5. The zero-order chi connectivity index (χ0) is 23.5. The zero-order valence-electron chi connectivity index (χ0n) is 17.4. The quantitative estimate of drug-likeness (QED) is 0.224. The number of amides is 2. The standard InChI is InChI=1S/C25H19Cl4NO3/c26-17-9-6-10-18(27)21(17)22-19(28)11-12-20(23(22)29)33-14-5-1-4-13-30-24(31)15-7-2-3-8-16(15)25(30)32/h2-3,6-12H,1,4-5,13-14H2. The van der Waals surface area contributed by atoms with Crippen molar-refractivity contribution >= 4 is 58.2 Å². The largest absolute Gasteiger partial charge is 0.492 e. The van der Waals surface area contributed by atoms with E-state index in [1.54, 1.807) is 54.6 Å². The minimum Gasteiger partial charge on any atom is -0.492 e. The molecule has 1 aliphatic heterocycles. The zero-order valence-corrected chi connectivity index (χ0v) is 20.4. The summed E-state index contributed by atoms with van der Waals surface area (Å²) in [5, 5.41) is 1.64. The number of nitrogens with zero attached hydrogens (tertiary/aromatic N) is 1. The predicted molar refractivity (Wildman–Crippen MR) is 133 cm³/mol. The Balaban J connectivity index is 1.32. The summed E-state index contributed by atoms with van der Waals surface area (Å²) in [6.45, 7) is 0.794. The van der Waals surface area contributed by atoms with Crippen molar-refractivity contribution < 1.29 is 14.3 Å². The van der Waals surface area contributed by atoms with Gasteiger partial charge in [0.05, 0.1) is 27.8 Å². The fourth-order valence-corrected chi connectivity index (χ4v) is 4.98. The molecule has 2 amide bonds. The van der Waals surface area contributed by atoms with Crippen LogP contribution in [0.2, 0.25) is 20.1 Å². The number of hydrogen-bond donors (Lipinski definition) is 0. The molecule has 0 atom stereocenters. The lowest BCUT2D eigenvalue weighted by Crippen LogP contribution is -2.30. The number of hydrogen-bond acceptors (Lipinski definition) is 3. The van der Waals surface area contributed by atoms with Crippen LogP contribution in [0.25, 0.3) is 11.1 Å². The fraction of sp³-hybridized carbons (Fsp3) is 0.200. The van der Waals surface area contributed by atoms with Crippen LogP contribution in [0.4, 0.5) is 0 Å². The first-order valence-corrected chi connectivity index (χ1v) is 11.9. The molecule has 0 saturated carbocycles. The van der Waals surface area contributed by atoms with Gasteiger partial charge >= 0.3 is 0 Å². The van der Waals surface area contributed by atoms with Crippen molar-refractivity contribution in [1.29, 1.82) is 0 Å². The van der Waals surface area contributed by atoms with Gasteiger partial charge < -0.3 is 4.74 Å². The first kappa shape index (κ1) is 23.9. The van der Waals surface area contributed by atoms with Gasteiger partial charge in [0.25, 0.3) is 11.8 Å². The van der Waals surface area contributed by atoms with Crippen LogP contribution in [0, 0.1) is 0 Å². The van der Waals surface area contributed by atoms with Gasteiger partial charge in [-0.3, -0.25) is 14.5 Å². The lowest BCUT2D eigenvalue weighted by Gasteiger charge is -2.16. The smallest absolute Gasteiger partial charge is 0.261 e. The maximum Gasteiger partial charge on any atom is 0.261 e. The van der Waals surface area contributed by atoms with E-state index in [-0.39, 0.29) is 11.8 Å². The van der Waals surface area contributed by atoms with Crippen molar-refractivity contribution in [2.24, 2.45) is 0 Å². The molecule has 0 aliphatic carbocycles. The van der Waals surface area contributed by atoms with E-state index >= 15 is 0 Å². The maximum atomic E-state index is 12.4. The Morgan fingerprint density at radius 3 is 1.91 bits per heavy atom. The third-order valence-electron chi connectivity index (χ3n) is 5.43. The highest BCUT2D eigenvalue weighted by Gasteiger charge is 2.34. The number of carbonyl (C=O) groups is 2. The SMILES string of the molecule is O=C1c2ccccc2C(=O)N1CCCCCOc1ccc(Cl)c(-c2c(Cl)cccc2Cl)c1Cl. The first-order valence-electron chi connectivity index (χ1n) is 10.4. The maximum absolute atomic E-state index is 12.4. The molecule has 0 bridgehead atoms. The summed E-state index contributed by atoms with van der Waals surface area (Å²) in [6.07, 6.45) is 2.19. The van der Waals surface area contributed by atoms with Gasteiger partial charge in [-0.1, -0.05) is 64.6 Å². The molecule has 1 heterocycles. The van der Waals surface area contributed by atoms with Crippen LogP contribution in [-0.4, -0.2) is 29.9 Å². The average molecular weight is 523 g/mol.